The summed E-state index contributed by atoms with van der Waals surface area (Å²) < 4.78 is 26.3. The van der Waals surface area contributed by atoms with Gasteiger partial charge in [0.25, 0.3) is 33.9 Å². The zero-order chi connectivity index (χ0) is 61.8. The highest BCUT2D eigenvalue weighted by atomic mass is 35.5. The lowest BCUT2D eigenvalue weighted by Gasteiger charge is -2.23. The van der Waals surface area contributed by atoms with Gasteiger partial charge in [-0.1, -0.05) is 43.5 Å². The van der Waals surface area contributed by atoms with E-state index in [1.165, 1.54) is 47.6 Å². The Kier molecular flexibility index (Phi) is 21.6. The average Bonchev–Trinajstić information content (AvgIpc) is 3.23. The van der Waals surface area contributed by atoms with E-state index < -0.39 is 162 Å². The van der Waals surface area contributed by atoms with Gasteiger partial charge in [-0.3, -0.25) is 47.6 Å². The van der Waals surface area contributed by atoms with E-state index in [-0.39, 0.29) is 5.82 Å². The normalized spacial score (nSPS) is 32.2. The summed E-state index contributed by atoms with van der Waals surface area (Å²) in [6, 6.07) is 4.80. The smallest absolute Gasteiger partial charge is 0.351 e. The van der Waals surface area contributed by atoms with Crippen LogP contribution >= 0.6 is 11.6 Å². The van der Waals surface area contributed by atoms with Crippen LogP contribution in [0.3, 0.4) is 0 Å². The van der Waals surface area contributed by atoms with Gasteiger partial charge < -0.3 is 65.5 Å². The summed E-state index contributed by atoms with van der Waals surface area (Å²) >= 11 is 5.53. The summed E-state index contributed by atoms with van der Waals surface area (Å²) in [6.07, 6.45) is 4.45. The number of ether oxygens (including phenoxy) is 4. The minimum Gasteiger partial charge on any atom is -0.392 e. The number of nitrogens with zero attached hydrogens (tertiary/aromatic N) is 11. The first kappa shape index (κ1) is 65.3. The van der Waals surface area contributed by atoms with E-state index in [2.05, 4.69) is 62.5 Å². The van der Waals surface area contributed by atoms with Crippen molar-refractivity contribution in [2.45, 2.75) is 92.4 Å². The SMILES string of the molecule is C#C[C@]1(CO)O[C@@H](n2ccc(N)nc2=O)[C@@H](C)[C@@H]1O.C=C[C@@H]1[C@H](n2ccc(=O)[nH]c2=O)O[C@@](CO)(N=[N+]=N)[C@H]1O.CC[C@@H]1[C@H](n2ccc(=O)[nH]c2=O)O[C@@](CO)(N=[N+]=N)[C@H]1O.N=[N+]=N[C@]1(CO)O[C@@H](n2ccc(=O)[nH]c2=O)[C@@H](C=CCl)[C@@H]1O. The number of terminal acetylenes is 1. The molecule has 4 aliphatic heterocycles. The molecule has 0 aromatic carbocycles. The van der Waals surface area contributed by atoms with Crippen LogP contribution in [0, 0.1) is 52.6 Å². The Balaban J connectivity index is 0.000000203. The zero-order valence-electron chi connectivity index (χ0n) is 43.5. The maximum absolute atomic E-state index is 11.9. The van der Waals surface area contributed by atoms with E-state index in [9.17, 15) is 74.4 Å². The summed E-state index contributed by atoms with van der Waals surface area (Å²) in [4.78, 5) is 98.8. The van der Waals surface area contributed by atoms with Crippen LogP contribution in [0.5, 0.6) is 0 Å². The Morgan fingerprint density at radius 3 is 1.45 bits per heavy atom. The number of hydrogen-bond donors (Lipinski definition) is 15. The van der Waals surface area contributed by atoms with E-state index in [1.54, 1.807) is 13.8 Å². The van der Waals surface area contributed by atoms with Crippen LogP contribution in [0.2, 0.25) is 0 Å². The highest BCUT2D eigenvalue weighted by Crippen LogP contribution is 2.45. The first-order valence-electron chi connectivity index (χ1n) is 24.2. The number of aromatic amines is 3. The molecular formula is C45H58ClN18O19+3. The van der Waals surface area contributed by atoms with Gasteiger partial charge in [0, 0.05) is 60.4 Å². The van der Waals surface area contributed by atoms with E-state index in [0.717, 1.165) is 37.4 Å². The molecule has 16 atom stereocenters. The summed E-state index contributed by atoms with van der Waals surface area (Å²) in [5.74, 6) is -0.356. The minimum atomic E-state index is -1.90. The lowest BCUT2D eigenvalue weighted by molar-refractivity contribution is -0.128. The molecule has 0 amide bonds. The van der Waals surface area contributed by atoms with Crippen LogP contribution in [0.15, 0.2) is 122 Å². The first-order valence-corrected chi connectivity index (χ1v) is 24.6. The average molecular weight is 1190 g/mol. The number of aliphatic hydroxyl groups excluding tert-OH is 8. The molecule has 8 heterocycles. The van der Waals surface area contributed by atoms with E-state index in [1.807, 2.05) is 0 Å². The molecule has 83 heavy (non-hydrogen) atoms. The van der Waals surface area contributed by atoms with Crippen molar-refractivity contribution in [2.24, 2.45) is 39.0 Å². The molecule has 8 rings (SSSR count). The van der Waals surface area contributed by atoms with Crippen LogP contribution in [-0.4, -0.2) is 153 Å². The van der Waals surface area contributed by atoms with E-state index in [4.69, 9.17) is 59.3 Å². The number of rotatable bonds is 14. The standard InChI is InChI=1S/C12H15N3O4.C11H12ClN5O5.C11H15N5O5.C11H13N5O5/c1-3-12(6-16)9(17)7(2)10(19-12)15-5-4-8(13)14-11(15)18;12-3-1-6-8(20)11(5-18,15-16-13)22-9(6)17-4-2-7(19)14-10(17)21;2*1-2-6-8(19)11(5-17,14-15-12)21-9(6)16-4-3-7(18)13-10(16)20/h1,4-5,7,9-10,16-17H,6H2,2H3,(H2,13,14,18);1-4,6,8-9,13,18,20H,5H2;3-4,6,8-9,12,17,19H,2,5H2,1H3;2-4,6,8-9,12,17,19H,1,5H2/p+3/t7-,9-,10+,12+;3*6-,8-,9+,11+/m0000/s1. The summed E-state index contributed by atoms with van der Waals surface area (Å²) in [5.41, 5.74) is 15.3. The number of nitrogen functional groups attached to an aromatic ring is 1. The second kappa shape index (κ2) is 27.5. The first-order chi connectivity index (χ1) is 39.4. The quantitative estimate of drug-likeness (QED) is 0.0243. The Hall–Kier alpha value is -8.50. The predicted octanol–water partition coefficient (Wildman–Crippen LogP) is -5.09. The van der Waals surface area contributed by atoms with Crippen molar-refractivity contribution < 1.29 is 59.8 Å². The van der Waals surface area contributed by atoms with Crippen molar-refractivity contribution in [3.05, 3.63) is 146 Å². The lowest BCUT2D eigenvalue weighted by Crippen LogP contribution is -2.43. The second-order valence-electron chi connectivity index (χ2n) is 18.3. The third-order valence-corrected chi connectivity index (χ3v) is 13.8. The fourth-order valence-corrected chi connectivity index (χ4v) is 9.43. The third kappa shape index (κ3) is 13.1. The number of H-pyrrole nitrogens is 3. The van der Waals surface area contributed by atoms with Crippen molar-refractivity contribution in [1.29, 1.82) is 16.6 Å². The highest BCUT2D eigenvalue weighted by Gasteiger charge is 2.61. The molecule has 0 radical (unpaired) electrons. The Morgan fingerprint density at radius 2 is 1.08 bits per heavy atom. The fourth-order valence-electron chi connectivity index (χ4n) is 9.26. The third-order valence-electron chi connectivity index (χ3n) is 13.6. The van der Waals surface area contributed by atoms with Crippen molar-refractivity contribution in [1.82, 2.24) is 52.9 Å². The van der Waals surface area contributed by atoms with Crippen molar-refractivity contribution in [2.75, 3.05) is 32.2 Å². The molecule has 4 saturated heterocycles. The Morgan fingerprint density at radius 1 is 0.675 bits per heavy atom. The number of aliphatic hydroxyl groups is 8. The van der Waals surface area contributed by atoms with Crippen LogP contribution in [0.25, 0.3) is 0 Å². The molecular weight excluding hydrogens is 1130 g/mol. The molecule has 0 unspecified atom stereocenters. The monoisotopic (exact) mass is 1190 g/mol. The van der Waals surface area contributed by atoms with E-state index in [0.29, 0.717) is 6.42 Å². The molecule has 4 fully saturated rings. The van der Waals surface area contributed by atoms with Gasteiger partial charge in [0.05, 0.1) is 18.4 Å². The van der Waals surface area contributed by atoms with Gasteiger partial charge in [-0.15, -0.1) is 13.0 Å². The van der Waals surface area contributed by atoms with Gasteiger partial charge in [-0.05, 0) is 12.5 Å². The van der Waals surface area contributed by atoms with Crippen molar-refractivity contribution >= 4 is 17.4 Å². The Labute approximate surface area is 467 Å². The summed E-state index contributed by atoms with van der Waals surface area (Å²) in [7, 11) is 0. The molecule has 446 valence electrons. The van der Waals surface area contributed by atoms with Gasteiger partial charge in [0.15, 0.2) is 33.4 Å². The van der Waals surface area contributed by atoms with Gasteiger partial charge in [0.1, 0.15) is 79.1 Å². The largest absolute Gasteiger partial charge is 0.392 e. The number of nitrogens with two attached hydrogens (primary N) is 1. The van der Waals surface area contributed by atoms with E-state index >= 15 is 0 Å². The molecule has 0 bridgehead atoms. The molecule has 4 aromatic heterocycles. The molecule has 4 aromatic rings. The number of halogens is 1. The highest BCUT2D eigenvalue weighted by molar-refractivity contribution is 6.25. The number of nitrogens with one attached hydrogen (secondary N) is 6. The second-order valence-corrected chi connectivity index (χ2v) is 18.6. The Bertz CT molecular complexity index is 3640. The predicted molar refractivity (Wildman–Crippen MR) is 276 cm³/mol. The summed E-state index contributed by atoms with van der Waals surface area (Å²) in [5, 5.41) is 88.9. The molecule has 0 spiro atoms. The molecule has 38 heteroatoms. The molecule has 37 nitrogen and oxygen atoms in total. The topological polar surface area (TPSA) is 575 Å². The molecule has 0 aliphatic carbocycles. The lowest BCUT2D eigenvalue weighted by atomic mass is 9.92. The minimum absolute atomic E-state index is 0.0952. The van der Waals surface area contributed by atoms with Crippen LogP contribution in [0.1, 0.15) is 45.2 Å². The number of hydrogen-bond acceptors (Lipinski definition) is 27. The van der Waals surface area contributed by atoms with Crippen molar-refractivity contribution in [3.8, 4) is 12.3 Å². The van der Waals surface area contributed by atoms with Gasteiger partial charge in [0.2, 0.25) is 14.7 Å². The summed E-state index contributed by atoms with van der Waals surface area (Å²) in [6.45, 7) is 4.25. The van der Waals surface area contributed by atoms with Gasteiger partial charge in [-0.25, -0.2) is 19.2 Å². The molecule has 0 saturated carbocycles. The number of anilines is 1. The van der Waals surface area contributed by atoms with Gasteiger partial charge in [-0.2, -0.15) is 4.98 Å². The van der Waals surface area contributed by atoms with Crippen molar-refractivity contribution in [3.63, 3.8) is 0 Å². The van der Waals surface area contributed by atoms with Gasteiger partial charge >= 0.3 is 22.8 Å². The number of aromatic nitrogens is 8. The van der Waals surface area contributed by atoms with Crippen LogP contribution in [-0.2, 0) is 18.9 Å². The maximum atomic E-state index is 11.9. The fraction of sp³-hybridized carbons (Fsp3) is 0.511. The zero-order valence-corrected chi connectivity index (χ0v) is 44.3. The van der Waals surface area contributed by atoms with Crippen LogP contribution < -0.4 is 59.9 Å². The molecule has 16 N–H and O–H groups in total. The van der Waals surface area contributed by atoms with Crippen LogP contribution in [0.4, 0.5) is 5.82 Å². The molecule has 4 aliphatic rings. The maximum Gasteiger partial charge on any atom is 0.351 e.